The number of likely N-dealkylation sites (tertiary alicyclic amines) is 1. The van der Waals surface area contributed by atoms with Gasteiger partial charge < -0.3 is 20.4 Å². The third-order valence-corrected chi connectivity index (χ3v) is 6.24. The minimum Gasteiger partial charge on any atom is -0.357 e. The van der Waals surface area contributed by atoms with Crippen LogP contribution in [0, 0.1) is 0 Å². The molecule has 2 saturated heterocycles. The van der Waals surface area contributed by atoms with Gasteiger partial charge in [-0.25, -0.2) is 4.99 Å². The fourth-order valence-electron chi connectivity index (χ4n) is 4.30. The molecule has 1 aromatic rings. The standard InChI is InChI=1S/C24H38N6O2/c1-4-25-22(31)21-10-8-20(9-11-21)18-27-24(26-5-2)30-16-14-28(15-17-30)19(3)23(32)29-12-6-7-13-29/h8-11,19H,4-7,12-18H2,1-3H3,(H,25,31)(H,26,27). The van der Waals surface area contributed by atoms with E-state index in [9.17, 15) is 9.59 Å². The van der Waals surface area contributed by atoms with Crippen LogP contribution < -0.4 is 10.6 Å². The highest BCUT2D eigenvalue weighted by Crippen LogP contribution is 2.14. The zero-order valence-electron chi connectivity index (χ0n) is 19.8. The van der Waals surface area contributed by atoms with E-state index in [-0.39, 0.29) is 17.9 Å². The van der Waals surface area contributed by atoms with Gasteiger partial charge in [-0.2, -0.15) is 0 Å². The normalized spacial score (nSPS) is 18.5. The smallest absolute Gasteiger partial charge is 0.251 e. The van der Waals surface area contributed by atoms with Gasteiger partial charge in [0.1, 0.15) is 0 Å². The van der Waals surface area contributed by atoms with Gasteiger partial charge in [0, 0.05) is 57.9 Å². The summed E-state index contributed by atoms with van der Waals surface area (Å²) < 4.78 is 0. The number of carbonyl (C=O) groups excluding carboxylic acids is 2. The van der Waals surface area contributed by atoms with E-state index in [0.717, 1.165) is 70.2 Å². The molecule has 0 spiro atoms. The van der Waals surface area contributed by atoms with Crippen LogP contribution in [0.4, 0.5) is 0 Å². The molecule has 8 heteroatoms. The summed E-state index contributed by atoms with van der Waals surface area (Å²) in [7, 11) is 0. The lowest BCUT2D eigenvalue weighted by Gasteiger charge is -2.39. The van der Waals surface area contributed by atoms with Gasteiger partial charge in [0.25, 0.3) is 5.91 Å². The molecule has 0 aromatic heterocycles. The minimum atomic E-state index is -0.0572. The van der Waals surface area contributed by atoms with Crippen molar-refractivity contribution in [3.8, 4) is 0 Å². The quantitative estimate of drug-likeness (QED) is 0.495. The van der Waals surface area contributed by atoms with Crippen LogP contribution in [-0.4, -0.2) is 90.9 Å². The van der Waals surface area contributed by atoms with Crippen molar-refractivity contribution in [2.75, 3.05) is 52.4 Å². The highest BCUT2D eigenvalue weighted by Gasteiger charge is 2.30. The molecule has 2 aliphatic heterocycles. The van der Waals surface area contributed by atoms with Crippen LogP contribution >= 0.6 is 0 Å². The number of benzene rings is 1. The summed E-state index contributed by atoms with van der Waals surface area (Å²) in [4.78, 5) is 36.1. The largest absolute Gasteiger partial charge is 0.357 e. The van der Waals surface area contributed by atoms with Gasteiger partial charge in [0.15, 0.2) is 5.96 Å². The minimum absolute atomic E-state index is 0.0498. The van der Waals surface area contributed by atoms with Crippen molar-refractivity contribution in [2.45, 2.75) is 46.2 Å². The molecular formula is C24H38N6O2. The van der Waals surface area contributed by atoms with Crippen molar-refractivity contribution in [2.24, 2.45) is 4.99 Å². The van der Waals surface area contributed by atoms with Crippen molar-refractivity contribution in [3.05, 3.63) is 35.4 Å². The molecule has 2 heterocycles. The molecule has 2 fully saturated rings. The summed E-state index contributed by atoms with van der Waals surface area (Å²) in [5, 5.41) is 6.21. The molecule has 1 aromatic carbocycles. The molecular weight excluding hydrogens is 404 g/mol. The Hall–Kier alpha value is -2.61. The van der Waals surface area contributed by atoms with Gasteiger partial charge in [-0.3, -0.25) is 14.5 Å². The van der Waals surface area contributed by atoms with Crippen LogP contribution in [0.3, 0.4) is 0 Å². The fraction of sp³-hybridized carbons (Fsp3) is 0.625. The summed E-state index contributed by atoms with van der Waals surface area (Å²) in [6.07, 6.45) is 2.26. The number of hydrogen-bond donors (Lipinski definition) is 2. The first-order valence-electron chi connectivity index (χ1n) is 12.0. The Balaban J connectivity index is 1.55. The predicted molar refractivity (Wildman–Crippen MR) is 128 cm³/mol. The molecule has 0 radical (unpaired) electrons. The number of nitrogens with one attached hydrogen (secondary N) is 2. The van der Waals surface area contributed by atoms with Crippen LogP contribution in [0.5, 0.6) is 0 Å². The van der Waals surface area contributed by atoms with Crippen molar-refractivity contribution >= 4 is 17.8 Å². The van der Waals surface area contributed by atoms with Gasteiger partial charge in [-0.15, -0.1) is 0 Å². The third kappa shape index (κ3) is 6.22. The Morgan fingerprint density at radius 1 is 0.906 bits per heavy atom. The number of piperazine rings is 1. The molecule has 2 N–H and O–H groups in total. The summed E-state index contributed by atoms with van der Waals surface area (Å²) in [5.41, 5.74) is 1.73. The first-order chi connectivity index (χ1) is 15.5. The lowest BCUT2D eigenvalue weighted by Crippen LogP contribution is -2.57. The van der Waals surface area contributed by atoms with Crippen LogP contribution in [-0.2, 0) is 11.3 Å². The summed E-state index contributed by atoms with van der Waals surface area (Å²) in [5.74, 6) is 1.12. The molecule has 8 nitrogen and oxygen atoms in total. The van der Waals surface area contributed by atoms with E-state index in [0.29, 0.717) is 18.7 Å². The average molecular weight is 443 g/mol. The Morgan fingerprint density at radius 3 is 2.12 bits per heavy atom. The Labute approximate surface area is 192 Å². The van der Waals surface area contributed by atoms with Gasteiger partial charge in [0.05, 0.1) is 12.6 Å². The van der Waals surface area contributed by atoms with Gasteiger partial charge >= 0.3 is 0 Å². The molecule has 0 saturated carbocycles. The zero-order chi connectivity index (χ0) is 22.9. The molecule has 1 unspecified atom stereocenters. The van der Waals surface area contributed by atoms with E-state index in [4.69, 9.17) is 4.99 Å². The highest BCUT2D eigenvalue weighted by atomic mass is 16.2. The first kappa shape index (κ1) is 24.0. The monoisotopic (exact) mass is 442 g/mol. The molecule has 1 atom stereocenters. The second-order valence-electron chi connectivity index (χ2n) is 8.46. The summed E-state index contributed by atoms with van der Waals surface area (Å²) >= 11 is 0. The number of rotatable bonds is 7. The van der Waals surface area contributed by atoms with Crippen molar-refractivity contribution < 1.29 is 9.59 Å². The molecule has 0 bridgehead atoms. The molecule has 32 heavy (non-hydrogen) atoms. The van der Waals surface area contributed by atoms with E-state index >= 15 is 0 Å². The second kappa shape index (κ2) is 11.9. The topological polar surface area (TPSA) is 80.3 Å². The van der Waals surface area contributed by atoms with Crippen molar-refractivity contribution in [3.63, 3.8) is 0 Å². The third-order valence-electron chi connectivity index (χ3n) is 6.24. The first-order valence-corrected chi connectivity index (χ1v) is 12.0. The zero-order valence-corrected chi connectivity index (χ0v) is 19.8. The van der Waals surface area contributed by atoms with Gasteiger partial charge in [-0.1, -0.05) is 12.1 Å². The van der Waals surface area contributed by atoms with E-state index in [2.05, 4.69) is 27.4 Å². The lowest BCUT2D eigenvalue weighted by molar-refractivity contribution is -0.135. The van der Waals surface area contributed by atoms with Crippen LogP contribution in [0.1, 0.15) is 49.5 Å². The van der Waals surface area contributed by atoms with E-state index in [1.54, 1.807) is 0 Å². The maximum atomic E-state index is 12.7. The van der Waals surface area contributed by atoms with E-state index < -0.39 is 0 Å². The van der Waals surface area contributed by atoms with Crippen LogP contribution in [0.2, 0.25) is 0 Å². The fourth-order valence-corrected chi connectivity index (χ4v) is 4.30. The number of aliphatic imine (C=N–C) groups is 1. The second-order valence-corrected chi connectivity index (χ2v) is 8.46. The molecule has 2 aliphatic rings. The Kier molecular flexibility index (Phi) is 8.90. The number of nitrogens with zero attached hydrogens (tertiary/aromatic N) is 4. The Bertz CT molecular complexity index is 780. The number of hydrogen-bond acceptors (Lipinski definition) is 4. The van der Waals surface area contributed by atoms with Crippen molar-refractivity contribution in [1.82, 2.24) is 25.3 Å². The predicted octanol–water partition coefficient (Wildman–Crippen LogP) is 1.53. The Morgan fingerprint density at radius 2 is 1.53 bits per heavy atom. The maximum absolute atomic E-state index is 12.7. The van der Waals surface area contributed by atoms with Gasteiger partial charge in [-0.05, 0) is 51.3 Å². The van der Waals surface area contributed by atoms with Crippen LogP contribution in [0.15, 0.2) is 29.3 Å². The highest BCUT2D eigenvalue weighted by molar-refractivity contribution is 5.94. The lowest BCUT2D eigenvalue weighted by atomic mass is 10.1. The number of guanidine groups is 1. The maximum Gasteiger partial charge on any atom is 0.251 e. The van der Waals surface area contributed by atoms with Crippen molar-refractivity contribution in [1.29, 1.82) is 0 Å². The number of amides is 2. The SMILES string of the molecule is CCNC(=O)c1ccc(CN=C(NCC)N2CCN(C(C)C(=O)N3CCCC3)CC2)cc1. The molecule has 3 rings (SSSR count). The van der Waals surface area contributed by atoms with Gasteiger partial charge in [0.2, 0.25) is 5.91 Å². The molecule has 2 amide bonds. The average Bonchev–Trinajstić information content (AvgIpc) is 3.36. The van der Waals surface area contributed by atoms with Crippen LogP contribution in [0.25, 0.3) is 0 Å². The summed E-state index contributed by atoms with van der Waals surface area (Å²) in [6.45, 7) is 13.2. The molecule has 176 valence electrons. The van der Waals surface area contributed by atoms with E-state index in [1.165, 1.54) is 0 Å². The molecule has 0 aliphatic carbocycles. The van der Waals surface area contributed by atoms with E-state index in [1.807, 2.05) is 43.0 Å². The number of carbonyl (C=O) groups is 2. The summed E-state index contributed by atoms with van der Waals surface area (Å²) in [6, 6.07) is 7.56.